The number of amides is 1. The Morgan fingerprint density at radius 1 is 1.06 bits per heavy atom. The molecular weight excluding hydrogens is 442 g/mol. The van der Waals surface area contributed by atoms with Gasteiger partial charge in [0.15, 0.2) is 5.65 Å². The van der Waals surface area contributed by atoms with Crippen molar-refractivity contribution in [3.8, 4) is 11.3 Å². The number of imidazole rings is 1. The molecule has 0 aliphatic carbocycles. The maximum Gasteiger partial charge on any atom is 0.248 e. The summed E-state index contributed by atoms with van der Waals surface area (Å²) >= 11 is 0. The SMILES string of the molecule is C[C@@H]1CN(c2ncc(-c3ccc4nc5n(c4n3)[C@@H](c3ccccc3)CC5)cn2)CCN1C(=O)CO. The maximum absolute atomic E-state index is 11.9. The maximum atomic E-state index is 11.9. The van der Waals surface area contributed by atoms with E-state index in [4.69, 9.17) is 15.1 Å². The third-order valence-electron chi connectivity index (χ3n) is 7.05. The zero-order valence-electron chi connectivity index (χ0n) is 19.6. The molecule has 35 heavy (non-hydrogen) atoms. The summed E-state index contributed by atoms with van der Waals surface area (Å²) in [6, 6.07) is 14.8. The second-order valence-electron chi connectivity index (χ2n) is 9.21. The lowest BCUT2D eigenvalue weighted by atomic mass is 10.0. The number of carbonyl (C=O) groups excluding carboxylic acids is 1. The summed E-state index contributed by atoms with van der Waals surface area (Å²) in [6.45, 7) is 3.30. The third kappa shape index (κ3) is 3.81. The van der Waals surface area contributed by atoms with Crippen molar-refractivity contribution in [3.05, 3.63) is 66.2 Å². The van der Waals surface area contributed by atoms with Crippen LogP contribution in [-0.2, 0) is 11.2 Å². The number of anilines is 1. The molecule has 2 atom stereocenters. The Morgan fingerprint density at radius 2 is 1.86 bits per heavy atom. The van der Waals surface area contributed by atoms with Gasteiger partial charge < -0.3 is 19.5 Å². The first kappa shape index (κ1) is 21.7. The smallest absolute Gasteiger partial charge is 0.248 e. The van der Waals surface area contributed by atoms with E-state index in [1.54, 1.807) is 4.90 Å². The summed E-state index contributed by atoms with van der Waals surface area (Å²) in [5.74, 6) is 1.47. The zero-order chi connectivity index (χ0) is 23.9. The van der Waals surface area contributed by atoms with Crippen LogP contribution in [-0.4, -0.2) is 72.7 Å². The van der Waals surface area contributed by atoms with Gasteiger partial charge in [-0.05, 0) is 31.0 Å². The minimum atomic E-state index is -0.459. The number of piperazine rings is 1. The summed E-state index contributed by atoms with van der Waals surface area (Å²) in [6.07, 6.45) is 5.59. The summed E-state index contributed by atoms with van der Waals surface area (Å²) in [7, 11) is 0. The molecule has 6 rings (SSSR count). The van der Waals surface area contributed by atoms with Crippen LogP contribution in [0, 0.1) is 0 Å². The lowest BCUT2D eigenvalue weighted by molar-refractivity contribution is -0.136. The summed E-state index contributed by atoms with van der Waals surface area (Å²) in [5, 5.41) is 9.16. The molecule has 1 fully saturated rings. The predicted octanol–water partition coefficient (Wildman–Crippen LogP) is 2.45. The van der Waals surface area contributed by atoms with Gasteiger partial charge in [-0.25, -0.2) is 19.9 Å². The first-order chi connectivity index (χ1) is 17.1. The van der Waals surface area contributed by atoms with Crippen molar-refractivity contribution in [1.82, 2.24) is 29.4 Å². The molecule has 0 bridgehead atoms. The van der Waals surface area contributed by atoms with Crippen molar-refractivity contribution in [3.63, 3.8) is 0 Å². The molecule has 1 aromatic carbocycles. The molecule has 0 unspecified atom stereocenters. The van der Waals surface area contributed by atoms with Crippen LogP contribution in [0.1, 0.15) is 30.8 Å². The van der Waals surface area contributed by atoms with Gasteiger partial charge in [-0.15, -0.1) is 0 Å². The fourth-order valence-electron chi connectivity index (χ4n) is 5.29. The fraction of sp³-hybridized carbons (Fsp3) is 0.346. The van der Waals surface area contributed by atoms with Crippen LogP contribution in [0.4, 0.5) is 5.95 Å². The average Bonchev–Trinajstić information content (AvgIpc) is 3.48. The molecule has 1 saturated heterocycles. The fourth-order valence-corrected chi connectivity index (χ4v) is 5.29. The molecule has 4 aromatic rings. The van der Waals surface area contributed by atoms with Crippen LogP contribution in [0.15, 0.2) is 54.9 Å². The van der Waals surface area contributed by atoms with Gasteiger partial charge in [0.05, 0.1) is 11.7 Å². The highest BCUT2D eigenvalue weighted by Gasteiger charge is 2.29. The number of hydrogen-bond donors (Lipinski definition) is 1. The summed E-state index contributed by atoms with van der Waals surface area (Å²) in [4.78, 5) is 34.7. The van der Waals surface area contributed by atoms with Gasteiger partial charge in [-0.3, -0.25) is 4.79 Å². The van der Waals surface area contributed by atoms with E-state index in [1.807, 2.05) is 37.5 Å². The number of hydrogen-bond acceptors (Lipinski definition) is 7. The number of benzene rings is 1. The highest BCUT2D eigenvalue weighted by Crippen LogP contribution is 2.35. The van der Waals surface area contributed by atoms with Gasteiger partial charge in [-0.2, -0.15) is 0 Å². The Morgan fingerprint density at radius 3 is 2.60 bits per heavy atom. The van der Waals surface area contributed by atoms with Gasteiger partial charge >= 0.3 is 0 Å². The second kappa shape index (κ2) is 8.74. The minimum Gasteiger partial charge on any atom is -0.387 e. The molecule has 9 heteroatoms. The molecule has 3 aromatic heterocycles. The second-order valence-corrected chi connectivity index (χ2v) is 9.21. The third-order valence-corrected chi connectivity index (χ3v) is 7.05. The predicted molar refractivity (Wildman–Crippen MR) is 132 cm³/mol. The van der Waals surface area contributed by atoms with E-state index in [0.29, 0.717) is 25.6 Å². The van der Waals surface area contributed by atoms with Crippen LogP contribution in [0.25, 0.3) is 22.4 Å². The molecule has 1 N–H and O–H groups in total. The highest BCUT2D eigenvalue weighted by atomic mass is 16.3. The standard InChI is InChI=1S/C26H27N7O2/c1-17-15-31(11-12-32(17)24(35)16-34)26-27-13-19(14-28-26)20-7-8-21-25(30-20)33-22(9-10-23(33)29-21)18-5-3-2-4-6-18/h2-8,13-14,17,22,34H,9-12,15-16H2,1H3/t17-,22-/m1/s1. The van der Waals surface area contributed by atoms with E-state index in [1.165, 1.54) is 5.56 Å². The largest absolute Gasteiger partial charge is 0.387 e. The number of aliphatic hydroxyl groups excluding tert-OH is 1. The quantitative estimate of drug-likeness (QED) is 0.490. The number of aromatic nitrogens is 5. The number of rotatable bonds is 4. The first-order valence-electron chi connectivity index (χ1n) is 12.0. The summed E-state index contributed by atoms with van der Waals surface area (Å²) in [5.41, 5.74) is 4.75. The number of aliphatic hydroxyl groups is 1. The van der Waals surface area contributed by atoms with Crippen molar-refractivity contribution in [2.45, 2.75) is 31.8 Å². The van der Waals surface area contributed by atoms with Crippen molar-refractivity contribution in [2.24, 2.45) is 0 Å². The Labute approximate surface area is 203 Å². The molecular formula is C26H27N7O2. The van der Waals surface area contributed by atoms with Crippen LogP contribution in [0.3, 0.4) is 0 Å². The minimum absolute atomic E-state index is 0.0164. The Bertz CT molecular complexity index is 1370. The lowest BCUT2D eigenvalue weighted by Gasteiger charge is -2.39. The highest BCUT2D eigenvalue weighted by molar-refractivity contribution is 5.78. The van der Waals surface area contributed by atoms with Crippen LogP contribution < -0.4 is 4.90 Å². The van der Waals surface area contributed by atoms with E-state index in [2.05, 4.69) is 43.7 Å². The molecule has 2 aliphatic heterocycles. The normalized spacial score (nSPS) is 19.8. The monoisotopic (exact) mass is 469 g/mol. The molecule has 0 radical (unpaired) electrons. The van der Waals surface area contributed by atoms with Crippen LogP contribution >= 0.6 is 0 Å². The van der Waals surface area contributed by atoms with Crippen molar-refractivity contribution < 1.29 is 9.90 Å². The van der Waals surface area contributed by atoms with E-state index in [0.717, 1.165) is 41.1 Å². The van der Waals surface area contributed by atoms with Gasteiger partial charge in [0.2, 0.25) is 11.9 Å². The molecule has 5 heterocycles. The number of pyridine rings is 1. The zero-order valence-corrected chi connectivity index (χ0v) is 19.6. The molecule has 0 spiro atoms. The molecule has 9 nitrogen and oxygen atoms in total. The Balaban J connectivity index is 1.26. The first-order valence-corrected chi connectivity index (χ1v) is 12.0. The van der Waals surface area contributed by atoms with Crippen molar-refractivity contribution in [2.75, 3.05) is 31.1 Å². The van der Waals surface area contributed by atoms with Crippen LogP contribution in [0.5, 0.6) is 0 Å². The van der Waals surface area contributed by atoms with Crippen LogP contribution in [0.2, 0.25) is 0 Å². The number of carbonyl (C=O) groups is 1. The molecule has 0 saturated carbocycles. The Hall–Kier alpha value is -3.85. The van der Waals surface area contributed by atoms with E-state index < -0.39 is 6.61 Å². The van der Waals surface area contributed by atoms with E-state index >= 15 is 0 Å². The van der Waals surface area contributed by atoms with Gasteiger partial charge in [0.1, 0.15) is 17.9 Å². The number of nitrogens with zero attached hydrogens (tertiary/aromatic N) is 7. The van der Waals surface area contributed by atoms with Crippen molar-refractivity contribution in [1.29, 1.82) is 0 Å². The van der Waals surface area contributed by atoms with Gasteiger partial charge in [-0.1, -0.05) is 30.3 Å². The summed E-state index contributed by atoms with van der Waals surface area (Å²) < 4.78 is 2.28. The molecule has 2 aliphatic rings. The van der Waals surface area contributed by atoms with E-state index in [-0.39, 0.29) is 18.0 Å². The topological polar surface area (TPSA) is 100 Å². The van der Waals surface area contributed by atoms with Gasteiger partial charge in [0, 0.05) is 50.1 Å². The van der Waals surface area contributed by atoms with Crippen molar-refractivity contribution >= 4 is 23.0 Å². The molecule has 178 valence electrons. The average molecular weight is 470 g/mol. The van der Waals surface area contributed by atoms with E-state index in [9.17, 15) is 4.79 Å². The van der Waals surface area contributed by atoms with Gasteiger partial charge in [0.25, 0.3) is 0 Å². The number of aryl methyl sites for hydroxylation is 1. The lowest BCUT2D eigenvalue weighted by Crippen LogP contribution is -2.55. The molecule has 1 amide bonds. The Kier molecular flexibility index (Phi) is 5.41. The number of fused-ring (bicyclic) bond motifs is 3.